The maximum atomic E-state index is 11.9. The monoisotopic (exact) mass is 357 g/mol. The first-order valence-corrected chi connectivity index (χ1v) is 8.81. The van der Waals surface area contributed by atoms with E-state index in [2.05, 4.69) is 15.3 Å². The highest BCUT2D eigenvalue weighted by atomic mass is 35.5. The Balaban J connectivity index is 1.48. The van der Waals surface area contributed by atoms with Gasteiger partial charge in [0.25, 0.3) is 0 Å². The number of amides is 1. The Bertz CT molecular complexity index is 803. The lowest BCUT2D eigenvalue weighted by atomic mass is 10.2. The first kappa shape index (κ1) is 16.6. The van der Waals surface area contributed by atoms with Crippen molar-refractivity contribution in [2.45, 2.75) is 11.7 Å². The number of halogens is 1. The van der Waals surface area contributed by atoms with Gasteiger partial charge in [-0.15, -0.1) is 0 Å². The summed E-state index contributed by atoms with van der Waals surface area (Å²) < 4.78 is 0. The standard InChI is InChI=1S/C18H16ClN3OS/c19-15-8-6-13(7-9-15)10-20-17(23)12-24-18-21-11-16(22-18)14-4-2-1-3-5-14/h1-9,11H,10,12H2,(H,20,23)(H,21,22). The van der Waals surface area contributed by atoms with Crippen molar-refractivity contribution in [3.8, 4) is 11.3 Å². The van der Waals surface area contributed by atoms with Crippen molar-refractivity contribution in [1.82, 2.24) is 15.3 Å². The Morgan fingerprint density at radius 2 is 1.88 bits per heavy atom. The second-order valence-corrected chi connectivity index (χ2v) is 6.56. The van der Waals surface area contributed by atoms with Gasteiger partial charge >= 0.3 is 0 Å². The van der Waals surface area contributed by atoms with E-state index in [1.807, 2.05) is 54.6 Å². The smallest absolute Gasteiger partial charge is 0.230 e. The predicted molar refractivity (Wildman–Crippen MR) is 98.0 cm³/mol. The Hall–Kier alpha value is -2.24. The fourth-order valence-electron chi connectivity index (χ4n) is 2.13. The van der Waals surface area contributed by atoms with Crippen molar-refractivity contribution in [3.05, 3.63) is 71.4 Å². The molecule has 0 aliphatic carbocycles. The van der Waals surface area contributed by atoms with E-state index >= 15 is 0 Å². The van der Waals surface area contributed by atoms with Crippen molar-refractivity contribution < 1.29 is 4.79 Å². The average molecular weight is 358 g/mol. The molecule has 0 unspecified atom stereocenters. The van der Waals surface area contributed by atoms with E-state index in [1.54, 1.807) is 6.20 Å². The number of aromatic nitrogens is 2. The van der Waals surface area contributed by atoms with E-state index in [0.717, 1.165) is 22.0 Å². The van der Waals surface area contributed by atoms with E-state index in [1.165, 1.54) is 11.8 Å². The molecule has 0 bridgehead atoms. The van der Waals surface area contributed by atoms with Crippen molar-refractivity contribution in [1.29, 1.82) is 0 Å². The Kier molecular flexibility index (Phi) is 5.56. The van der Waals surface area contributed by atoms with Crippen LogP contribution in [0.1, 0.15) is 5.56 Å². The fraction of sp³-hybridized carbons (Fsp3) is 0.111. The highest BCUT2D eigenvalue weighted by molar-refractivity contribution is 7.99. The Morgan fingerprint density at radius 3 is 2.62 bits per heavy atom. The number of hydrogen-bond acceptors (Lipinski definition) is 3. The number of aromatic amines is 1. The molecule has 1 aromatic heterocycles. The molecule has 0 aliphatic heterocycles. The quantitative estimate of drug-likeness (QED) is 0.652. The molecule has 0 aliphatic rings. The van der Waals surface area contributed by atoms with Gasteiger partial charge in [0, 0.05) is 11.6 Å². The molecule has 6 heteroatoms. The maximum absolute atomic E-state index is 11.9. The SMILES string of the molecule is O=C(CSc1ncc(-c2ccccc2)[nH]1)NCc1ccc(Cl)cc1. The van der Waals surface area contributed by atoms with Gasteiger partial charge in [0.2, 0.25) is 5.91 Å². The highest BCUT2D eigenvalue weighted by Crippen LogP contribution is 2.21. The zero-order chi connectivity index (χ0) is 16.8. The summed E-state index contributed by atoms with van der Waals surface area (Å²) in [5, 5.41) is 4.30. The molecule has 0 atom stereocenters. The molecule has 4 nitrogen and oxygen atoms in total. The summed E-state index contributed by atoms with van der Waals surface area (Å²) >= 11 is 7.22. The summed E-state index contributed by atoms with van der Waals surface area (Å²) in [5.41, 5.74) is 3.03. The molecule has 0 radical (unpaired) electrons. The fourth-order valence-corrected chi connectivity index (χ4v) is 2.93. The lowest BCUT2D eigenvalue weighted by molar-refractivity contribution is -0.118. The number of benzene rings is 2. The van der Waals surface area contributed by atoms with Gasteiger partial charge < -0.3 is 10.3 Å². The minimum absolute atomic E-state index is 0.0346. The van der Waals surface area contributed by atoms with Gasteiger partial charge in [-0.1, -0.05) is 65.8 Å². The molecule has 2 aromatic carbocycles. The molecule has 122 valence electrons. The third-order valence-electron chi connectivity index (χ3n) is 3.38. The Morgan fingerprint density at radius 1 is 1.12 bits per heavy atom. The third-order valence-corrected chi connectivity index (χ3v) is 4.52. The summed E-state index contributed by atoms with van der Waals surface area (Å²) in [4.78, 5) is 19.5. The normalized spacial score (nSPS) is 10.5. The van der Waals surface area contributed by atoms with Crippen molar-refractivity contribution in [2.24, 2.45) is 0 Å². The van der Waals surface area contributed by atoms with Crippen LogP contribution in [0.25, 0.3) is 11.3 Å². The number of hydrogen-bond donors (Lipinski definition) is 2. The molecule has 0 fully saturated rings. The van der Waals surface area contributed by atoms with Gasteiger partial charge in [-0.05, 0) is 23.3 Å². The number of nitrogens with zero attached hydrogens (tertiary/aromatic N) is 1. The minimum atomic E-state index is -0.0346. The van der Waals surface area contributed by atoms with Gasteiger partial charge in [0.1, 0.15) is 0 Å². The van der Waals surface area contributed by atoms with Crippen molar-refractivity contribution in [3.63, 3.8) is 0 Å². The highest BCUT2D eigenvalue weighted by Gasteiger charge is 2.07. The number of imidazole rings is 1. The van der Waals surface area contributed by atoms with Crippen LogP contribution in [0.5, 0.6) is 0 Å². The molecule has 1 heterocycles. The van der Waals surface area contributed by atoms with E-state index in [0.29, 0.717) is 17.3 Å². The van der Waals surface area contributed by atoms with Gasteiger partial charge in [-0.2, -0.15) is 0 Å². The maximum Gasteiger partial charge on any atom is 0.230 e. The van der Waals surface area contributed by atoms with Crippen LogP contribution in [0.3, 0.4) is 0 Å². The van der Waals surface area contributed by atoms with Crippen LogP contribution >= 0.6 is 23.4 Å². The number of nitrogens with one attached hydrogen (secondary N) is 2. The van der Waals surface area contributed by atoms with Crippen LogP contribution in [0, 0.1) is 0 Å². The second-order valence-electron chi connectivity index (χ2n) is 5.16. The van der Waals surface area contributed by atoms with E-state index < -0.39 is 0 Å². The largest absolute Gasteiger partial charge is 0.351 e. The van der Waals surface area contributed by atoms with Crippen molar-refractivity contribution >= 4 is 29.3 Å². The van der Waals surface area contributed by atoms with Gasteiger partial charge in [0.05, 0.1) is 17.6 Å². The second kappa shape index (κ2) is 8.04. The molecule has 0 spiro atoms. The molecule has 0 saturated carbocycles. The first-order valence-electron chi connectivity index (χ1n) is 7.45. The van der Waals surface area contributed by atoms with Crippen LogP contribution in [-0.4, -0.2) is 21.6 Å². The molecule has 2 N–H and O–H groups in total. The lowest BCUT2D eigenvalue weighted by Crippen LogP contribution is -2.24. The van der Waals surface area contributed by atoms with E-state index in [4.69, 9.17) is 11.6 Å². The van der Waals surface area contributed by atoms with Crippen LogP contribution in [0.15, 0.2) is 66.0 Å². The van der Waals surface area contributed by atoms with Crippen LogP contribution < -0.4 is 5.32 Å². The van der Waals surface area contributed by atoms with Gasteiger partial charge in [-0.3, -0.25) is 4.79 Å². The zero-order valence-electron chi connectivity index (χ0n) is 12.8. The number of thioether (sulfide) groups is 1. The summed E-state index contributed by atoms with van der Waals surface area (Å²) in [6.45, 7) is 0.490. The molecule has 3 rings (SSSR count). The topological polar surface area (TPSA) is 57.8 Å². The molecule has 24 heavy (non-hydrogen) atoms. The van der Waals surface area contributed by atoms with E-state index in [-0.39, 0.29) is 5.91 Å². The molecule has 1 amide bonds. The van der Waals surface area contributed by atoms with E-state index in [9.17, 15) is 4.79 Å². The number of rotatable bonds is 6. The number of carbonyl (C=O) groups is 1. The summed E-state index contributed by atoms with van der Waals surface area (Å²) in [6, 6.07) is 17.4. The number of H-pyrrole nitrogens is 1. The molecular weight excluding hydrogens is 342 g/mol. The zero-order valence-corrected chi connectivity index (χ0v) is 14.4. The van der Waals surface area contributed by atoms with Gasteiger partial charge in [-0.25, -0.2) is 4.98 Å². The lowest BCUT2D eigenvalue weighted by Gasteiger charge is -2.04. The van der Waals surface area contributed by atoms with Crippen LogP contribution in [0.4, 0.5) is 0 Å². The molecule has 3 aromatic rings. The predicted octanol–water partition coefficient (Wildman–Crippen LogP) is 4.14. The third kappa shape index (κ3) is 4.63. The van der Waals surface area contributed by atoms with Crippen LogP contribution in [-0.2, 0) is 11.3 Å². The van der Waals surface area contributed by atoms with Crippen molar-refractivity contribution in [2.75, 3.05) is 5.75 Å². The summed E-state index contributed by atoms with van der Waals surface area (Å²) in [5.74, 6) is 0.280. The average Bonchev–Trinajstić information content (AvgIpc) is 3.09. The molecular formula is C18H16ClN3OS. The first-order chi connectivity index (χ1) is 11.7. The summed E-state index contributed by atoms with van der Waals surface area (Å²) in [7, 11) is 0. The van der Waals surface area contributed by atoms with Gasteiger partial charge in [0.15, 0.2) is 5.16 Å². The molecule has 0 saturated heterocycles. The summed E-state index contributed by atoms with van der Waals surface area (Å²) in [6.07, 6.45) is 1.78. The Labute approximate surface area is 149 Å². The number of carbonyl (C=O) groups excluding carboxylic acids is 1. The van der Waals surface area contributed by atoms with Crippen LogP contribution in [0.2, 0.25) is 5.02 Å². The minimum Gasteiger partial charge on any atom is -0.351 e.